The van der Waals surface area contributed by atoms with E-state index in [0.717, 1.165) is 34.0 Å². The van der Waals surface area contributed by atoms with Gasteiger partial charge in [0.25, 0.3) is 0 Å². The van der Waals surface area contributed by atoms with Crippen LogP contribution in [-0.4, -0.2) is 6.10 Å². The minimum absolute atomic E-state index is 0.0515. The molecule has 1 nitrogen and oxygen atoms in total. The van der Waals surface area contributed by atoms with Gasteiger partial charge in [-0.25, -0.2) is 0 Å². The van der Waals surface area contributed by atoms with Crippen molar-refractivity contribution in [2.45, 2.75) is 24.5 Å². The Hall–Kier alpha value is -2.16. The number of allylic oxidation sites excluding steroid dienone is 1. The fraction of sp³-hybridized carbons (Fsp3) is 0.167. The molecule has 0 aromatic heterocycles. The van der Waals surface area contributed by atoms with Crippen LogP contribution < -0.4 is 0 Å². The van der Waals surface area contributed by atoms with Crippen LogP contribution in [0.2, 0.25) is 0 Å². The van der Waals surface area contributed by atoms with Crippen LogP contribution in [0.1, 0.15) is 29.5 Å². The zero-order chi connectivity index (χ0) is 17.8. The Morgan fingerprint density at radius 3 is 1.46 bits per heavy atom. The summed E-state index contributed by atoms with van der Waals surface area (Å²) in [5, 5.41) is 0. The van der Waals surface area contributed by atoms with Crippen LogP contribution in [0, 0.1) is 0 Å². The summed E-state index contributed by atoms with van der Waals surface area (Å²) in [6.07, 6.45) is 4.31. The minimum atomic E-state index is -0.647. The third-order valence-corrected chi connectivity index (χ3v) is 5.77. The number of hydrogen-bond donors (Lipinski definition) is 0. The fourth-order valence-corrected chi connectivity index (χ4v) is 4.24. The number of ether oxygens (including phenoxy) is 1. The first kappa shape index (κ1) is 17.3. The highest BCUT2D eigenvalue weighted by atomic mass is 79.9. The largest absolute Gasteiger partial charge is 0.352 e. The Bertz CT molecular complexity index is 775. The first-order valence-electron chi connectivity index (χ1n) is 9.00. The standard InChI is InChI=1S/C24H21BrO/c25-22-17-10-18-23(22)26-24(19-11-4-1-5-12-19,20-13-6-2-7-14-20)21-15-8-3-9-16-21/h1-9,11-17,23H,10,18H2/t23-/m0/s1. The van der Waals surface area contributed by atoms with E-state index in [-0.39, 0.29) is 6.10 Å². The van der Waals surface area contributed by atoms with Gasteiger partial charge in [-0.2, -0.15) is 0 Å². The second-order valence-electron chi connectivity index (χ2n) is 6.55. The van der Waals surface area contributed by atoms with E-state index in [2.05, 4.69) is 113 Å². The predicted octanol–water partition coefficient (Wildman–Crippen LogP) is 6.44. The molecule has 0 amide bonds. The lowest BCUT2D eigenvalue weighted by Crippen LogP contribution is -2.36. The smallest absolute Gasteiger partial charge is 0.144 e. The number of rotatable bonds is 5. The van der Waals surface area contributed by atoms with Crippen LogP contribution in [0.4, 0.5) is 0 Å². The number of benzene rings is 3. The molecule has 3 aromatic carbocycles. The van der Waals surface area contributed by atoms with Gasteiger partial charge in [0, 0.05) is 4.48 Å². The monoisotopic (exact) mass is 404 g/mol. The van der Waals surface area contributed by atoms with Gasteiger partial charge in [-0.15, -0.1) is 0 Å². The van der Waals surface area contributed by atoms with E-state index in [1.54, 1.807) is 0 Å². The minimum Gasteiger partial charge on any atom is -0.352 e. The molecule has 2 heteroatoms. The van der Waals surface area contributed by atoms with Crippen molar-refractivity contribution in [1.82, 2.24) is 0 Å². The van der Waals surface area contributed by atoms with Crippen molar-refractivity contribution >= 4 is 15.9 Å². The van der Waals surface area contributed by atoms with Gasteiger partial charge in [0.2, 0.25) is 0 Å². The SMILES string of the molecule is BrC1=CCC[C@@H]1OC(c1ccccc1)(c1ccccc1)c1ccccc1. The average Bonchev–Trinajstić information content (AvgIpc) is 3.12. The second-order valence-corrected chi connectivity index (χ2v) is 7.47. The molecule has 0 bridgehead atoms. The molecule has 0 N–H and O–H groups in total. The third kappa shape index (κ3) is 3.15. The van der Waals surface area contributed by atoms with Crippen molar-refractivity contribution in [1.29, 1.82) is 0 Å². The summed E-state index contributed by atoms with van der Waals surface area (Å²) in [7, 11) is 0. The molecule has 0 aliphatic heterocycles. The van der Waals surface area contributed by atoms with Crippen LogP contribution in [-0.2, 0) is 10.3 Å². The summed E-state index contributed by atoms with van der Waals surface area (Å²) in [5.41, 5.74) is 2.78. The maximum atomic E-state index is 6.95. The van der Waals surface area contributed by atoms with Crippen LogP contribution in [0.5, 0.6) is 0 Å². The van der Waals surface area contributed by atoms with Gasteiger partial charge >= 0.3 is 0 Å². The van der Waals surface area contributed by atoms with E-state index in [0.29, 0.717) is 0 Å². The molecule has 0 saturated heterocycles. The lowest BCUT2D eigenvalue weighted by molar-refractivity contribution is -0.0252. The third-order valence-electron chi connectivity index (χ3n) is 4.94. The predicted molar refractivity (Wildman–Crippen MR) is 110 cm³/mol. The lowest BCUT2D eigenvalue weighted by Gasteiger charge is -2.38. The molecule has 4 rings (SSSR count). The van der Waals surface area contributed by atoms with Crippen LogP contribution in [0.25, 0.3) is 0 Å². The van der Waals surface area contributed by atoms with E-state index in [1.165, 1.54) is 0 Å². The van der Waals surface area contributed by atoms with Crippen molar-refractivity contribution in [2.75, 3.05) is 0 Å². The van der Waals surface area contributed by atoms with Gasteiger partial charge in [0.1, 0.15) is 5.60 Å². The summed E-state index contributed by atoms with van der Waals surface area (Å²) in [6, 6.07) is 31.6. The van der Waals surface area contributed by atoms with Crippen LogP contribution >= 0.6 is 15.9 Å². The van der Waals surface area contributed by atoms with E-state index in [1.807, 2.05) is 0 Å². The maximum Gasteiger partial charge on any atom is 0.144 e. The van der Waals surface area contributed by atoms with E-state index >= 15 is 0 Å². The molecule has 0 heterocycles. The van der Waals surface area contributed by atoms with Gasteiger partial charge in [-0.3, -0.25) is 0 Å². The first-order valence-corrected chi connectivity index (χ1v) is 9.80. The molecule has 1 aliphatic rings. The van der Waals surface area contributed by atoms with Gasteiger partial charge < -0.3 is 4.74 Å². The molecular weight excluding hydrogens is 384 g/mol. The lowest BCUT2D eigenvalue weighted by atomic mass is 9.80. The van der Waals surface area contributed by atoms with E-state index < -0.39 is 5.60 Å². The highest BCUT2D eigenvalue weighted by Gasteiger charge is 2.40. The second kappa shape index (κ2) is 7.61. The molecule has 0 unspecified atom stereocenters. The molecular formula is C24H21BrO. The zero-order valence-electron chi connectivity index (χ0n) is 14.5. The van der Waals surface area contributed by atoms with Gasteiger partial charge in [-0.1, -0.05) is 113 Å². The molecule has 0 spiro atoms. The maximum absolute atomic E-state index is 6.95. The Morgan fingerprint density at radius 1 is 0.692 bits per heavy atom. The summed E-state index contributed by atoms with van der Waals surface area (Å²) in [5.74, 6) is 0. The summed E-state index contributed by atoms with van der Waals surface area (Å²) in [6.45, 7) is 0. The van der Waals surface area contributed by atoms with Crippen molar-refractivity contribution in [3.05, 3.63) is 118 Å². The van der Waals surface area contributed by atoms with E-state index in [9.17, 15) is 0 Å². The zero-order valence-corrected chi connectivity index (χ0v) is 16.1. The number of hydrogen-bond acceptors (Lipinski definition) is 1. The fourth-order valence-electron chi connectivity index (χ4n) is 3.69. The highest BCUT2D eigenvalue weighted by Crippen LogP contribution is 2.44. The Labute approximate surface area is 163 Å². The molecule has 0 fully saturated rings. The highest BCUT2D eigenvalue weighted by molar-refractivity contribution is 9.11. The molecule has 26 heavy (non-hydrogen) atoms. The summed E-state index contributed by atoms with van der Waals surface area (Å²) < 4.78 is 8.10. The summed E-state index contributed by atoms with van der Waals surface area (Å²) in [4.78, 5) is 0. The summed E-state index contributed by atoms with van der Waals surface area (Å²) >= 11 is 3.71. The molecule has 0 radical (unpaired) electrons. The molecule has 3 aromatic rings. The molecule has 1 atom stereocenters. The van der Waals surface area contributed by atoms with Crippen LogP contribution in [0.15, 0.2) is 102 Å². The van der Waals surface area contributed by atoms with Crippen molar-refractivity contribution < 1.29 is 4.74 Å². The Morgan fingerprint density at radius 2 is 1.12 bits per heavy atom. The van der Waals surface area contributed by atoms with Crippen LogP contribution in [0.3, 0.4) is 0 Å². The van der Waals surface area contributed by atoms with Gasteiger partial charge in [0.05, 0.1) is 6.10 Å². The van der Waals surface area contributed by atoms with Gasteiger partial charge in [-0.05, 0) is 29.5 Å². The average molecular weight is 405 g/mol. The van der Waals surface area contributed by atoms with Crippen molar-refractivity contribution in [2.24, 2.45) is 0 Å². The molecule has 1 aliphatic carbocycles. The molecule has 130 valence electrons. The van der Waals surface area contributed by atoms with Gasteiger partial charge in [0.15, 0.2) is 0 Å². The quantitative estimate of drug-likeness (QED) is 0.444. The Balaban J connectivity index is 1.95. The Kier molecular flexibility index (Phi) is 5.05. The van der Waals surface area contributed by atoms with Crippen molar-refractivity contribution in [3.8, 4) is 0 Å². The topological polar surface area (TPSA) is 9.23 Å². The van der Waals surface area contributed by atoms with Crippen molar-refractivity contribution in [3.63, 3.8) is 0 Å². The number of halogens is 1. The normalized spacial score (nSPS) is 17.1. The van der Waals surface area contributed by atoms with E-state index in [4.69, 9.17) is 4.74 Å². The first-order chi connectivity index (χ1) is 12.8. The molecule has 0 saturated carbocycles.